The van der Waals surface area contributed by atoms with Crippen LogP contribution in [0.25, 0.3) is 0 Å². The third kappa shape index (κ3) is 5.24. The van der Waals surface area contributed by atoms with Gasteiger partial charge in [-0.1, -0.05) is 52.5 Å². The Bertz CT molecular complexity index is 1010. The van der Waals surface area contributed by atoms with Gasteiger partial charge in [-0.05, 0) is 48.1 Å². The average Bonchev–Trinajstić information content (AvgIpc) is 2.93. The van der Waals surface area contributed by atoms with Gasteiger partial charge in [-0.25, -0.2) is 4.39 Å². The Morgan fingerprint density at radius 3 is 2.48 bits per heavy atom. The lowest BCUT2D eigenvalue weighted by Gasteiger charge is -2.09. The zero-order valence-corrected chi connectivity index (χ0v) is 17.3. The Hall–Kier alpha value is -1.57. The molecule has 27 heavy (non-hydrogen) atoms. The number of rotatable bonds is 4. The topological polar surface area (TPSA) is 41.9 Å². The van der Waals surface area contributed by atoms with Crippen LogP contribution in [0.15, 0.2) is 42.6 Å². The van der Waals surface area contributed by atoms with Crippen LogP contribution in [-0.4, -0.2) is 14.9 Å². The molecule has 0 unspecified atom stereocenters. The van der Waals surface area contributed by atoms with Crippen LogP contribution < -0.4 is 10.6 Å². The quantitative estimate of drug-likeness (QED) is 0.433. The van der Waals surface area contributed by atoms with Crippen molar-refractivity contribution in [1.82, 2.24) is 9.78 Å². The Balaban J connectivity index is 1.68. The van der Waals surface area contributed by atoms with E-state index in [-0.39, 0.29) is 10.1 Å². The van der Waals surface area contributed by atoms with Gasteiger partial charge in [-0.2, -0.15) is 5.10 Å². The molecule has 1 aromatic heterocycles. The molecule has 1 heterocycles. The van der Waals surface area contributed by atoms with Gasteiger partial charge in [0.05, 0.1) is 11.6 Å². The molecule has 0 saturated carbocycles. The molecule has 0 fully saturated rings. The number of benzene rings is 2. The number of hydrogen-bond donors (Lipinski definition) is 2. The molecule has 0 radical (unpaired) electrons. The number of aromatic nitrogens is 2. The summed E-state index contributed by atoms with van der Waals surface area (Å²) < 4.78 is 14.8. The molecule has 3 aromatic rings. The molecule has 0 atom stereocenters. The molecular formula is C17H11Cl4FN4S. The fourth-order valence-electron chi connectivity index (χ4n) is 2.23. The predicted molar refractivity (Wildman–Crippen MR) is 114 cm³/mol. The van der Waals surface area contributed by atoms with E-state index in [2.05, 4.69) is 15.7 Å². The average molecular weight is 464 g/mol. The second-order valence-corrected chi connectivity index (χ2v) is 7.53. The highest BCUT2D eigenvalue weighted by atomic mass is 35.5. The first-order valence-corrected chi connectivity index (χ1v) is 9.44. The van der Waals surface area contributed by atoms with Crippen molar-refractivity contribution in [3.8, 4) is 0 Å². The number of anilines is 2. The number of nitrogens with one attached hydrogen (secondary N) is 2. The minimum atomic E-state index is -0.510. The van der Waals surface area contributed by atoms with E-state index >= 15 is 0 Å². The zero-order chi connectivity index (χ0) is 19.6. The number of thiocarbonyl (C=S) groups is 1. The second-order valence-electron chi connectivity index (χ2n) is 5.47. The fourth-order valence-corrected chi connectivity index (χ4v) is 3.29. The van der Waals surface area contributed by atoms with E-state index in [4.69, 9.17) is 58.6 Å². The van der Waals surface area contributed by atoms with Crippen LogP contribution >= 0.6 is 58.6 Å². The smallest absolute Gasteiger partial charge is 0.176 e. The Kier molecular flexibility index (Phi) is 6.44. The summed E-state index contributed by atoms with van der Waals surface area (Å²) in [5.74, 6) is -0.142. The van der Waals surface area contributed by atoms with Crippen LogP contribution in [0.1, 0.15) is 5.56 Å². The monoisotopic (exact) mass is 462 g/mol. The number of hydrogen-bond acceptors (Lipinski definition) is 2. The first kappa shape index (κ1) is 20.2. The minimum absolute atomic E-state index is 0.00930. The Morgan fingerprint density at radius 2 is 1.78 bits per heavy atom. The highest BCUT2D eigenvalue weighted by Gasteiger charge is 2.11. The van der Waals surface area contributed by atoms with Gasteiger partial charge in [-0.3, -0.25) is 4.68 Å². The predicted octanol–water partition coefficient (Wildman–Crippen LogP) is 6.49. The molecule has 2 aromatic carbocycles. The lowest BCUT2D eigenvalue weighted by atomic mass is 10.2. The maximum absolute atomic E-state index is 13.2. The summed E-state index contributed by atoms with van der Waals surface area (Å²) in [5.41, 5.74) is 1.37. The Morgan fingerprint density at radius 1 is 1.00 bits per heavy atom. The normalized spacial score (nSPS) is 10.7. The van der Waals surface area contributed by atoms with Gasteiger partial charge in [0.1, 0.15) is 10.8 Å². The molecule has 2 N–H and O–H groups in total. The summed E-state index contributed by atoms with van der Waals surface area (Å²) in [5, 5.41) is 11.8. The van der Waals surface area contributed by atoms with Crippen molar-refractivity contribution in [1.29, 1.82) is 0 Å². The molecule has 140 valence electrons. The van der Waals surface area contributed by atoms with Crippen LogP contribution in [0.5, 0.6) is 0 Å². The molecule has 0 amide bonds. The van der Waals surface area contributed by atoms with E-state index < -0.39 is 5.82 Å². The van der Waals surface area contributed by atoms with E-state index in [0.717, 1.165) is 5.56 Å². The van der Waals surface area contributed by atoms with Crippen molar-refractivity contribution in [2.75, 3.05) is 10.6 Å². The van der Waals surface area contributed by atoms with Crippen LogP contribution in [0, 0.1) is 5.82 Å². The van der Waals surface area contributed by atoms with Gasteiger partial charge in [-0.15, -0.1) is 0 Å². The van der Waals surface area contributed by atoms with Gasteiger partial charge >= 0.3 is 0 Å². The summed E-state index contributed by atoms with van der Waals surface area (Å²) in [7, 11) is 0. The van der Waals surface area contributed by atoms with Crippen molar-refractivity contribution in [2.45, 2.75) is 6.54 Å². The summed E-state index contributed by atoms with van der Waals surface area (Å²) in [6.45, 7) is 0.408. The maximum atomic E-state index is 13.2. The summed E-state index contributed by atoms with van der Waals surface area (Å²) in [4.78, 5) is 0. The Labute approximate surface area is 180 Å². The van der Waals surface area contributed by atoms with Crippen LogP contribution in [0.3, 0.4) is 0 Å². The SMILES string of the molecule is Fc1ccc(NC(=S)Nc2nn(Cc3ccc(Cl)cc3Cl)cc2Cl)cc1Cl. The highest BCUT2D eigenvalue weighted by Crippen LogP contribution is 2.25. The van der Waals surface area contributed by atoms with Gasteiger partial charge in [0.15, 0.2) is 10.9 Å². The van der Waals surface area contributed by atoms with E-state index in [0.29, 0.717) is 33.1 Å². The standard InChI is InChI=1S/C17H11Cl4FN4S/c18-10-2-1-9(12(19)5-10)7-26-8-14(21)16(25-26)24-17(27)23-11-3-4-15(22)13(20)6-11/h1-6,8H,7H2,(H2,23,24,25,27). The van der Waals surface area contributed by atoms with Crippen molar-refractivity contribution >= 4 is 75.2 Å². The molecule has 3 rings (SSSR count). The van der Waals surface area contributed by atoms with E-state index in [1.54, 1.807) is 23.0 Å². The first-order valence-electron chi connectivity index (χ1n) is 7.52. The maximum Gasteiger partial charge on any atom is 0.176 e. The van der Waals surface area contributed by atoms with Gasteiger partial charge in [0, 0.05) is 21.9 Å². The summed E-state index contributed by atoms with van der Waals surface area (Å²) >= 11 is 29.3. The first-order chi connectivity index (χ1) is 12.8. The van der Waals surface area contributed by atoms with Gasteiger partial charge in [0.25, 0.3) is 0 Å². The van der Waals surface area contributed by atoms with Crippen molar-refractivity contribution < 1.29 is 4.39 Å². The molecular weight excluding hydrogens is 453 g/mol. The van der Waals surface area contributed by atoms with E-state index in [9.17, 15) is 4.39 Å². The van der Waals surface area contributed by atoms with Gasteiger partial charge < -0.3 is 10.6 Å². The molecule has 0 aliphatic carbocycles. The molecule has 0 spiro atoms. The molecule has 0 saturated heterocycles. The molecule has 4 nitrogen and oxygen atoms in total. The van der Waals surface area contributed by atoms with Crippen molar-refractivity contribution in [2.24, 2.45) is 0 Å². The highest BCUT2D eigenvalue weighted by molar-refractivity contribution is 7.80. The fraction of sp³-hybridized carbons (Fsp3) is 0.0588. The lowest BCUT2D eigenvalue weighted by molar-refractivity contribution is 0.628. The van der Waals surface area contributed by atoms with Gasteiger partial charge in [0.2, 0.25) is 0 Å². The molecule has 0 aliphatic heterocycles. The largest absolute Gasteiger partial charge is 0.332 e. The third-order valence-electron chi connectivity index (χ3n) is 3.47. The lowest BCUT2D eigenvalue weighted by Crippen LogP contribution is -2.19. The molecule has 0 aliphatic rings. The number of halogens is 5. The third-order valence-corrected chi connectivity index (χ3v) is 4.83. The van der Waals surface area contributed by atoms with Crippen molar-refractivity contribution in [3.63, 3.8) is 0 Å². The molecule has 10 heteroatoms. The second kappa shape index (κ2) is 8.63. The van der Waals surface area contributed by atoms with Crippen LogP contribution in [0.4, 0.5) is 15.9 Å². The van der Waals surface area contributed by atoms with Crippen molar-refractivity contribution in [3.05, 3.63) is 74.1 Å². The number of nitrogens with zero attached hydrogens (tertiary/aromatic N) is 2. The summed E-state index contributed by atoms with van der Waals surface area (Å²) in [6.07, 6.45) is 1.65. The zero-order valence-electron chi connectivity index (χ0n) is 13.4. The van der Waals surface area contributed by atoms with Crippen LogP contribution in [0.2, 0.25) is 20.1 Å². The molecule has 0 bridgehead atoms. The minimum Gasteiger partial charge on any atom is -0.332 e. The van der Waals surface area contributed by atoms with E-state index in [1.807, 2.05) is 6.07 Å². The van der Waals surface area contributed by atoms with E-state index in [1.165, 1.54) is 18.2 Å². The van der Waals surface area contributed by atoms with Crippen LogP contribution in [-0.2, 0) is 6.54 Å². The summed E-state index contributed by atoms with van der Waals surface area (Å²) in [6, 6.07) is 9.41.